The maximum absolute atomic E-state index is 11.4. The van der Waals surface area contributed by atoms with Gasteiger partial charge in [0.1, 0.15) is 0 Å². The van der Waals surface area contributed by atoms with Gasteiger partial charge in [-0.15, -0.1) is 0 Å². The highest BCUT2D eigenvalue weighted by Gasteiger charge is 2.16. The lowest BCUT2D eigenvalue weighted by atomic mass is 9.98. The highest BCUT2D eigenvalue weighted by molar-refractivity contribution is 6.05. The largest absolute Gasteiger partial charge is 0.325 e. The molecule has 0 aromatic heterocycles. The van der Waals surface area contributed by atoms with E-state index in [9.17, 15) is 4.79 Å². The van der Waals surface area contributed by atoms with Crippen molar-refractivity contribution in [2.75, 3.05) is 5.32 Å². The Morgan fingerprint density at radius 2 is 1.87 bits per heavy atom. The van der Waals surface area contributed by atoms with Crippen LogP contribution in [0.25, 0.3) is 10.8 Å². The average molecular weight is 197 g/mol. The zero-order valence-electron chi connectivity index (χ0n) is 8.29. The second-order valence-corrected chi connectivity index (χ2v) is 3.87. The zero-order chi connectivity index (χ0) is 10.3. The second-order valence-electron chi connectivity index (χ2n) is 3.87. The van der Waals surface area contributed by atoms with Crippen molar-refractivity contribution in [3.63, 3.8) is 0 Å². The predicted molar refractivity (Wildman–Crippen MR) is 60.9 cm³/mol. The third kappa shape index (κ3) is 1.30. The molecule has 2 aromatic carbocycles. The number of hydrogen-bond acceptors (Lipinski definition) is 1. The van der Waals surface area contributed by atoms with E-state index in [1.807, 2.05) is 12.1 Å². The molecule has 15 heavy (non-hydrogen) atoms. The van der Waals surface area contributed by atoms with Gasteiger partial charge in [-0.1, -0.05) is 36.4 Å². The van der Waals surface area contributed by atoms with Crippen molar-refractivity contribution in [1.82, 2.24) is 0 Å². The Balaban J connectivity index is 2.32. The van der Waals surface area contributed by atoms with Crippen LogP contribution in [0.1, 0.15) is 12.0 Å². The van der Waals surface area contributed by atoms with Gasteiger partial charge in [-0.2, -0.15) is 0 Å². The van der Waals surface area contributed by atoms with Crippen molar-refractivity contribution in [2.45, 2.75) is 12.8 Å². The predicted octanol–water partition coefficient (Wildman–Crippen LogP) is 2.72. The number of fused-ring (bicyclic) bond motifs is 3. The summed E-state index contributed by atoms with van der Waals surface area (Å²) >= 11 is 0. The maximum Gasteiger partial charge on any atom is 0.224 e. The molecule has 74 valence electrons. The first-order chi connectivity index (χ1) is 7.34. The Hall–Kier alpha value is -1.83. The molecule has 2 nitrogen and oxygen atoms in total. The van der Waals surface area contributed by atoms with Gasteiger partial charge in [-0.25, -0.2) is 0 Å². The van der Waals surface area contributed by atoms with E-state index in [1.165, 1.54) is 10.9 Å². The summed E-state index contributed by atoms with van der Waals surface area (Å²) < 4.78 is 0. The lowest BCUT2D eigenvalue weighted by molar-refractivity contribution is -0.116. The van der Waals surface area contributed by atoms with Crippen molar-refractivity contribution in [1.29, 1.82) is 0 Å². The van der Waals surface area contributed by atoms with Gasteiger partial charge in [0.05, 0.1) is 5.69 Å². The monoisotopic (exact) mass is 197 g/mol. The molecule has 1 aliphatic heterocycles. The molecule has 0 spiro atoms. The number of anilines is 1. The maximum atomic E-state index is 11.4. The molecule has 2 heteroatoms. The Morgan fingerprint density at radius 1 is 1.00 bits per heavy atom. The van der Waals surface area contributed by atoms with Gasteiger partial charge < -0.3 is 5.32 Å². The van der Waals surface area contributed by atoms with Crippen LogP contribution in [0.2, 0.25) is 0 Å². The molecule has 0 atom stereocenters. The number of amides is 1. The lowest BCUT2D eigenvalue weighted by Crippen LogP contribution is -2.19. The smallest absolute Gasteiger partial charge is 0.224 e. The van der Waals surface area contributed by atoms with Gasteiger partial charge in [-0.3, -0.25) is 4.79 Å². The molecule has 0 saturated carbocycles. The molecular weight excluding hydrogens is 186 g/mol. The van der Waals surface area contributed by atoms with Gasteiger partial charge in [0, 0.05) is 11.8 Å². The molecule has 0 unspecified atom stereocenters. The third-order valence-electron chi connectivity index (χ3n) is 2.90. The van der Waals surface area contributed by atoms with Gasteiger partial charge in [0.2, 0.25) is 5.91 Å². The molecular formula is C13H11NO. The van der Waals surface area contributed by atoms with Gasteiger partial charge in [-0.05, 0) is 17.4 Å². The lowest BCUT2D eigenvalue weighted by Gasteiger charge is -2.18. The Kier molecular flexibility index (Phi) is 1.75. The van der Waals surface area contributed by atoms with Crippen molar-refractivity contribution in [3.8, 4) is 0 Å². The molecule has 0 radical (unpaired) electrons. The number of nitrogens with one attached hydrogen (secondary N) is 1. The first-order valence-corrected chi connectivity index (χ1v) is 5.15. The number of benzene rings is 2. The topological polar surface area (TPSA) is 29.1 Å². The Labute approximate surface area is 87.9 Å². The van der Waals surface area contributed by atoms with Crippen LogP contribution in [-0.4, -0.2) is 5.91 Å². The number of carbonyl (C=O) groups is 1. The SMILES string of the molecule is O=C1CCc2ccc3ccccc3c2N1. The minimum atomic E-state index is 0.124. The van der Waals surface area contributed by atoms with E-state index in [4.69, 9.17) is 0 Å². The number of hydrogen-bond donors (Lipinski definition) is 1. The minimum Gasteiger partial charge on any atom is -0.325 e. The molecule has 3 rings (SSSR count). The summed E-state index contributed by atoms with van der Waals surface area (Å²) in [6.45, 7) is 0. The quantitative estimate of drug-likeness (QED) is 0.691. The molecule has 0 bridgehead atoms. The van der Waals surface area contributed by atoms with Crippen molar-refractivity contribution >= 4 is 22.4 Å². The normalized spacial score (nSPS) is 14.8. The van der Waals surface area contributed by atoms with Gasteiger partial charge in [0.25, 0.3) is 0 Å². The first-order valence-electron chi connectivity index (χ1n) is 5.15. The van der Waals surface area contributed by atoms with E-state index in [0.717, 1.165) is 17.5 Å². The molecule has 2 aromatic rings. The second kappa shape index (κ2) is 3.09. The van der Waals surface area contributed by atoms with Crippen molar-refractivity contribution < 1.29 is 4.79 Å². The summed E-state index contributed by atoms with van der Waals surface area (Å²) in [5.74, 6) is 0.124. The van der Waals surface area contributed by atoms with E-state index < -0.39 is 0 Å². The van der Waals surface area contributed by atoms with E-state index in [-0.39, 0.29) is 5.91 Å². The summed E-state index contributed by atoms with van der Waals surface area (Å²) in [5, 5.41) is 5.28. The first kappa shape index (κ1) is 8.48. The van der Waals surface area contributed by atoms with Crippen molar-refractivity contribution in [2.24, 2.45) is 0 Å². The molecule has 1 aliphatic rings. The average Bonchev–Trinajstić information content (AvgIpc) is 2.29. The molecule has 1 heterocycles. The molecule has 1 amide bonds. The van der Waals surface area contributed by atoms with E-state index in [2.05, 4.69) is 29.6 Å². The fraction of sp³-hybridized carbons (Fsp3) is 0.154. The summed E-state index contributed by atoms with van der Waals surface area (Å²) in [4.78, 5) is 11.4. The summed E-state index contributed by atoms with van der Waals surface area (Å²) in [6, 6.07) is 12.4. The zero-order valence-corrected chi connectivity index (χ0v) is 8.29. The Bertz CT molecular complexity index is 545. The van der Waals surface area contributed by atoms with Gasteiger partial charge >= 0.3 is 0 Å². The molecule has 1 N–H and O–H groups in total. The highest BCUT2D eigenvalue weighted by atomic mass is 16.1. The fourth-order valence-electron chi connectivity index (χ4n) is 2.12. The van der Waals surface area contributed by atoms with Crippen LogP contribution in [-0.2, 0) is 11.2 Å². The standard InChI is InChI=1S/C13H11NO/c15-12-8-7-10-6-5-9-3-1-2-4-11(9)13(10)14-12/h1-6H,7-8H2,(H,14,15). The van der Waals surface area contributed by atoms with Crippen LogP contribution in [0.15, 0.2) is 36.4 Å². The van der Waals surface area contributed by atoms with Crippen LogP contribution < -0.4 is 5.32 Å². The van der Waals surface area contributed by atoms with Crippen LogP contribution in [0, 0.1) is 0 Å². The van der Waals surface area contributed by atoms with Crippen LogP contribution in [0.4, 0.5) is 5.69 Å². The fourth-order valence-corrected chi connectivity index (χ4v) is 2.12. The van der Waals surface area contributed by atoms with Crippen LogP contribution in [0.3, 0.4) is 0 Å². The third-order valence-corrected chi connectivity index (χ3v) is 2.90. The minimum absolute atomic E-state index is 0.124. The van der Waals surface area contributed by atoms with E-state index in [0.29, 0.717) is 6.42 Å². The van der Waals surface area contributed by atoms with Crippen LogP contribution in [0.5, 0.6) is 0 Å². The number of aryl methyl sites for hydroxylation is 1. The van der Waals surface area contributed by atoms with Crippen molar-refractivity contribution in [3.05, 3.63) is 42.0 Å². The molecule has 0 aliphatic carbocycles. The van der Waals surface area contributed by atoms with E-state index in [1.54, 1.807) is 0 Å². The molecule has 0 fully saturated rings. The van der Waals surface area contributed by atoms with E-state index >= 15 is 0 Å². The summed E-state index contributed by atoms with van der Waals surface area (Å²) in [7, 11) is 0. The number of carbonyl (C=O) groups excluding carboxylic acids is 1. The summed E-state index contributed by atoms with van der Waals surface area (Å²) in [5.41, 5.74) is 2.25. The Morgan fingerprint density at radius 3 is 2.80 bits per heavy atom. The highest BCUT2D eigenvalue weighted by Crippen LogP contribution is 2.30. The van der Waals surface area contributed by atoms with Crippen LogP contribution >= 0.6 is 0 Å². The molecule has 0 saturated heterocycles. The summed E-state index contributed by atoms with van der Waals surface area (Å²) in [6.07, 6.45) is 1.46. The van der Waals surface area contributed by atoms with Gasteiger partial charge in [0.15, 0.2) is 0 Å². The number of rotatable bonds is 0.